The molecule has 5 heteroatoms. The molecule has 0 aliphatic carbocycles. The van der Waals surface area contributed by atoms with Crippen LogP contribution in [0.5, 0.6) is 5.75 Å². The third kappa shape index (κ3) is 2.82. The second-order valence-corrected chi connectivity index (χ2v) is 7.14. The molecule has 0 fully saturated rings. The number of aromatic nitrogens is 3. The molecule has 0 aliphatic rings. The number of fused-ring (bicyclic) bond motifs is 3. The second-order valence-electron chi connectivity index (χ2n) is 6.16. The summed E-state index contributed by atoms with van der Waals surface area (Å²) in [6, 6.07) is 22.2. The van der Waals surface area contributed by atoms with Crippen molar-refractivity contribution in [3.05, 3.63) is 72.9 Å². The Morgan fingerprint density at radius 3 is 2.37 bits per heavy atom. The lowest BCUT2D eigenvalue weighted by Gasteiger charge is -2.03. The standard InChI is InChI=1S/C22H15N3OS/c1-26-17-10-7-15(8-11-17)21-25-20-19-16(13-23-22(20)27-21)9-12-18(24-19)14-5-3-2-4-6-14/h2-13H,1H3. The summed E-state index contributed by atoms with van der Waals surface area (Å²) in [5.74, 6) is 0.831. The largest absolute Gasteiger partial charge is 0.497 e. The Morgan fingerprint density at radius 1 is 0.778 bits per heavy atom. The topological polar surface area (TPSA) is 47.9 Å². The molecule has 3 aromatic heterocycles. The molecule has 2 aromatic carbocycles. The molecule has 0 N–H and O–H groups in total. The molecular formula is C22H15N3OS. The summed E-state index contributed by atoms with van der Waals surface area (Å²) in [6.07, 6.45) is 1.87. The SMILES string of the molecule is COc1ccc(-c2nc3c(ncc4ccc(-c5ccccc5)nc43)s2)cc1. The quantitative estimate of drug-likeness (QED) is 0.416. The van der Waals surface area contributed by atoms with Gasteiger partial charge >= 0.3 is 0 Å². The monoisotopic (exact) mass is 369 g/mol. The molecule has 5 aromatic rings. The van der Waals surface area contributed by atoms with E-state index < -0.39 is 0 Å². The van der Waals surface area contributed by atoms with E-state index in [0.717, 1.165) is 48.8 Å². The Bertz CT molecular complexity index is 1250. The smallest absolute Gasteiger partial charge is 0.146 e. The van der Waals surface area contributed by atoms with Crippen LogP contribution in [0.3, 0.4) is 0 Å². The third-order valence-electron chi connectivity index (χ3n) is 4.49. The summed E-state index contributed by atoms with van der Waals surface area (Å²) in [5, 5.41) is 1.92. The second kappa shape index (κ2) is 6.45. The van der Waals surface area contributed by atoms with Gasteiger partial charge in [-0.25, -0.2) is 15.0 Å². The van der Waals surface area contributed by atoms with Gasteiger partial charge in [0.2, 0.25) is 0 Å². The third-order valence-corrected chi connectivity index (χ3v) is 5.50. The van der Waals surface area contributed by atoms with Gasteiger partial charge < -0.3 is 4.74 Å². The van der Waals surface area contributed by atoms with Crippen LogP contribution in [-0.2, 0) is 0 Å². The molecule has 3 heterocycles. The van der Waals surface area contributed by atoms with Gasteiger partial charge in [0.05, 0.1) is 12.8 Å². The number of thiazole rings is 1. The van der Waals surface area contributed by atoms with E-state index in [0.29, 0.717) is 0 Å². The highest BCUT2D eigenvalue weighted by atomic mass is 32.1. The number of hydrogen-bond donors (Lipinski definition) is 0. The molecule has 27 heavy (non-hydrogen) atoms. The van der Waals surface area contributed by atoms with Gasteiger partial charge in [0.15, 0.2) is 0 Å². The maximum absolute atomic E-state index is 5.24. The predicted molar refractivity (Wildman–Crippen MR) is 110 cm³/mol. The fourth-order valence-corrected chi connectivity index (χ4v) is 3.99. The number of hydrogen-bond acceptors (Lipinski definition) is 5. The highest BCUT2D eigenvalue weighted by molar-refractivity contribution is 7.21. The van der Waals surface area contributed by atoms with Gasteiger partial charge in [-0.3, -0.25) is 0 Å². The fourth-order valence-electron chi connectivity index (χ4n) is 3.07. The van der Waals surface area contributed by atoms with E-state index in [1.165, 1.54) is 0 Å². The van der Waals surface area contributed by atoms with Gasteiger partial charge in [0.1, 0.15) is 26.6 Å². The van der Waals surface area contributed by atoms with Crippen LogP contribution in [0.2, 0.25) is 0 Å². The number of rotatable bonds is 3. The number of nitrogens with zero attached hydrogens (tertiary/aromatic N) is 3. The fraction of sp³-hybridized carbons (Fsp3) is 0.0455. The van der Waals surface area contributed by atoms with Crippen LogP contribution >= 0.6 is 11.3 Å². The van der Waals surface area contributed by atoms with Crippen molar-refractivity contribution in [3.8, 4) is 27.6 Å². The van der Waals surface area contributed by atoms with Gasteiger partial charge in [0.25, 0.3) is 0 Å². The molecule has 0 spiro atoms. The summed E-state index contributed by atoms with van der Waals surface area (Å²) in [4.78, 5) is 15.2. The molecule has 0 amide bonds. The minimum absolute atomic E-state index is 0.831. The lowest BCUT2D eigenvalue weighted by molar-refractivity contribution is 0.415. The van der Waals surface area contributed by atoms with Gasteiger partial charge in [-0.1, -0.05) is 41.7 Å². The van der Waals surface area contributed by atoms with Gasteiger partial charge in [-0.05, 0) is 36.4 Å². The van der Waals surface area contributed by atoms with Crippen LogP contribution in [0, 0.1) is 0 Å². The summed E-state index contributed by atoms with van der Waals surface area (Å²) >= 11 is 1.58. The molecule has 0 aliphatic heterocycles. The van der Waals surface area contributed by atoms with E-state index in [-0.39, 0.29) is 0 Å². The Kier molecular flexibility index (Phi) is 3.80. The van der Waals surface area contributed by atoms with E-state index in [9.17, 15) is 0 Å². The zero-order chi connectivity index (χ0) is 18.2. The highest BCUT2D eigenvalue weighted by Gasteiger charge is 2.12. The van der Waals surface area contributed by atoms with Crippen molar-refractivity contribution in [2.45, 2.75) is 0 Å². The van der Waals surface area contributed by atoms with Crippen LogP contribution in [0.1, 0.15) is 0 Å². The zero-order valence-electron chi connectivity index (χ0n) is 14.6. The van der Waals surface area contributed by atoms with Gasteiger partial charge in [-0.15, -0.1) is 0 Å². The summed E-state index contributed by atoms with van der Waals surface area (Å²) in [6.45, 7) is 0. The molecule has 0 atom stereocenters. The summed E-state index contributed by atoms with van der Waals surface area (Å²) in [7, 11) is 1.67. The van der Waals surface area contributed by atoms with Crippen molar-refractivity contribution in [2.75, 3.05) is 7.11 Å². The first-order valence-electron chi connectivity index (χ1n) is 8.58. The number of pyridine rings is 2. The van der Waals surface area contributed by atoms with Crippen molar-refractivity contribution in [2.24, 2.45) is 0 Å². The van der Waals surface area contributed by atoms with Crippen molar-refractivity contribution in [1.29, 1.82) is 0 Å². The highest BCUT2D eigenvalue weighted by Crippen LogP contribution is 2.33. The Hall–Kier alpha value is -3.31. The first kappa shape index (κ1) is 15.9. The lowest BCUT2D eigenvalue weighted by Crippen LogP contribution is -1.88. The average Bonchev–Trinajstić information content (AvgIpc) is 3.19. The molecule has 0 unspecified atom stereocenters. The maximum atomic E-state index is 5.24. The van der Waals surface area contributed by atoms with Gasteiger partial charge in [-0.2, -0.15) is 0 Å². The van der Waals surface area contributed by atoms with Crippen LogP contribution in [0.4, 0.5) is 0 Å². The normalized spacial score (nSPS) is 11.1. The van der Waals surface area contributed by atoms with Crippen molar-refractivity contribution in [3.63, 3.8) is 0 Å². The minimum atomic E-state index is 0.831. The summed E-state index contributed by atoms with van der Waals surface area (Å²) < 4.78 is 5.24. The van der Waals surface area contributed by atoms with E-state index in [2.05, 4.69) is 23.2 Å². The predicted octanol–water partition coefficient (Wildman–Crippen LogP) is 5.58. The van der Waals surface area contributed by atoms with E-state index in [1.807, 2.05) is 54.7 Å². The average molecular weight is 369 g/mol. The first-order chi connectivity index (χ1) is 13.3. The van der Waals surface area contributed by atoms with E-state index >= 15 is 0 Å². The lowest BCUT2D eigenvalue weighted by atomic mass is 10.1. The van der Waals surface area contributed by atoms with Crippen molar-refractivity contribution in [1.82, 2.24) is 15.0 Å². The van der Waals surface area contributed by atoms with Crippen LogP contribution in [-0.4, -0.2) is 22.1 Å². The van der Waals surface area contributed by atoms with Crippen LogP contribution < -0.4 is 4.74 Å². The summed E-state index contributed by atoms with van der Waals surface area (Å²) in [5.41, 5.74) is 4.81. The molecule has 130 valence electrons. The number of benzene rings is 2. The molecule has 0 radical (unpaired) electrons. The van der Waals surface area contributed by atoms with Crippen molar-refractivity contribution < 1.29 is 4.74 Å². The van der Waals surface area contributed by atoms with E-state index in [4.69, 9.17) is 14.7 Å². The number of methoxy groups -OCH3 is 1. The zero-order valence-corrected chi connectivity index (χ0v) is 15.4. The Morgan fingerprint density at radius 2 is 1.59 bits per heavy atom. The Balaban J connectivity index is 1.68. The molecular weight excluding hydrogens is 354 g/mol. The molecule has 0 saturated carbocycles. The molecule has 4 nitrogen and oxygen atoms in total. The van der Waals surface area contributed by atoms with Gasteiger partial charge in [0, 0.05) is 22.7 Å². The van der Waals surface area contributed by atoms with E-state index in [1.54, 1.807) is 18.4 Å². The number of ether oxygens (including phenoxy) is 1. The molecule has 0 saturated heterocycles. The van der Waals surface area contributed by atoms with Crippen LogP contribution in [0.15, 0.2) is 72.9 Å². The minimum Gasteiger partial charge on any atom is -0.497 e. The van der Waals surface area contributed by atoms with Crippen LogP contribution in [0.25, 0.3) is 43.1 Å². The van der Waals surface area contributed by atoms with Crippen molar-refractivity contribution >= 4 is 32.6 Å². The first-order valence-corrected chi connectivity index (χ1v) is 9.39. The molecule has 0 bridgehead atoms. The Labute approximate surface area is 160 Å². The maximum Gasteiger partial charge on any atom is 0.146 e. The molecule has 5 rings (SSSR count).